The van der Waals surface area contributed by atoms with Gasteiger partial charge in [0.2, 0.25) is 5.91 Å². The van der Waals surface area contributed by atoms with E-state index in [2.05, 4.69) is 30.4 Å². The first-order chi connectivity index (χ1) is 10.6. The molecule has 2 unspecified atom stereocenters. The highest BCUT2D eigenvalue weighted by atomic mass is 16.5. The minimum atomic E-state index is -0.272. The van der Waals surface area contributed by atoms with Crippen molar-refractivity contribution in [2.45, 2.75) is 19.3 Å². The van der Waals surface area contributed by atoms with Crippen LogP contribution in [0.25, 0.3) is 0 Å². The van der Waals surface area contributed by atoms with E-state index in [1.165, 1.54) is 12.6 Å². The number of carbonyl (C=O) groups is 1. The Morgan fingerprint density at radius 2 is 2.09 bits per heavy atom. The molecule has 1 amide bonds. The predicted molar refractivity (Wildman–Crippen MR) is 83.8 cm³/mol. The molecule has 0 aromatic heterocycles. The molecule has 0 saturated carbocycles. The van der Waals surface area contributed by atoms with E-state index >= 15 is 0 Å². The maximum atomic E-state index is 11.5. The Labute approximate surface area is 130 Å². The SMILES string of the molecule is CN(O)C(=O)CCc1ccc2c(c1)CC1C=CC=CC1CO2. The minimum absolute atomic E-state index is 0.272. The second-order valence-electron chi connectivity index (χ2n) is 5.97. The van der Waals surface area contributed by atoms with Gasteiger partial charge in [0, 0.05) is 19.4 Å². The number of aryl methyl sites for hydroxylation is 1. The Morgan fingerprint density at radius 1 is 1.32 bits per heavy atom. The average molecular weight is 299 g/mol. The smallest absolute Gasteiger partial charge is 0.245 e. The summed E-state index contributed by atoms with van der Waals surface area (Å²) in [6, 6.07) is 6.14. The van der Waals surface area contributed by atoms with Crippen molar-refractivity contribution in [3.63, 3.8) is 0 Å². The minimum Gasteiger partial charge on any atom is -0.493 e. The fourth-order valence-corrected chi connectivity index (χ4v) is 3.04. The second kappa shape index (κ2) is 6.36. The fraction of sp³-hybridized carbons (Fsp3) is 0.389. The van der Waals surface area contributed by atoms with Crippen LogP contribution in [-0.4, -0.2) is 29.8 Å². The maximum absolute atomic E-state index is 11.5. The van der Waals surface area contributed by atoms with E-state index in [0.717, 1.165) is 17.7 Å². The lowest BCUT2D eigenvalue weighted by Gasteiger charge is -2.20. The topological polar surface area (TPSA) is 49.8 Å². The lowest BCUT2D eigenvalue weighted by Crippen LogP contribution is -2.22. The van der Waals surface area contributed by atoms with Gasteiger partial charge in [-0.2, -0.15) is 0 Å². The normalized spacial score (nSPS) is 22.3. The zero-order valence-corrected chi connectivity index (χ0v) is 12.7. The lowest BCUT2D eigenvalue weighted by atomic mass is 9.84. The first-order valence-electron chi connectivity index (χ1n) is 7.68. The Kier molecular flexibility index (Phi) is 4.29. The van der Waals surface area contributed by atoms with Gasteiger partial charge in [-0.25, -0.2) is 5.06 Å². The Hall–Kier alpha value is -2.07. The summed E-state index contributed by atoms with van der Waals surface area (Å²) < 4.78 is 5.94. The second-order valence-corrected chi connectivity index (χ2v) is 5.97. The van der Waals surface area contributed by atoms with Gasteiger partial charge in [0.05, 0.1) is 6.61 Å². The van der Waals surface area contributed by atoms with Crippen LogP contribution >= 0.6 is 0 Å². The number of ether oxygens (including phenoxy) is 1. The number of rotatable bonds is 3. The zero-order valence-electron chi connectivity index (χ0n) is 12.7. The molecular formula is C18H21NO3. The highest BCUT2D eigenvalue weighted by molar-refractivity contribution is 5.74. The molecule has 116 valence electrons. The first kappa shape index (κ1) is 14.9. The third-order valence-corrected chi connectivity index (χ3v) is 4.38. The van der Waals surface area contributed by atoms with Crippen LogP contribution in [0.2, 0.25) is 0 Å². The van der Waals surface area contributed by atoms with E-state index in [1.54, 1.807) is 0 Å². The molecule has 0 spiro atoms. The molecule has 0 saturated heterocycles. The number of allylic oxidation sites excluding steroid dienone is 3. The van der Waals surface area contributed by atoms with Crippen molar-refractivity contribution in [2.75, 3.05) is 13.7 Å². The highest BCUT2D eigenvalue weighted by Gasteiger charge is 2.25. The molecule has 1 aromatic rings. The van der Waals surface area contributed by atoms with Crippen molar-refractivity contribution in [1.82, 2.24) is 5.06 Å². The van der Waals surface area contributed by atoms with Crippen molar-refractivity contribution < 1.29 is 14.7 Å². The van der Waals surface area contributed by atoms with Gasteiger partial charge in [0.1, 0.15) is 5.75 Å². The van der Waals surface area contributed by atoms with Crippen molar-refractivity contribution >= 4 is 5.91 Å². The van der Waals surface area contributed by atoms with Gasteiger partial charge in [-0.15, -0.1) is 0 Å². The van der Waals surface area contributed by atoms with Gasteiger partial charge in [0.25, 0.3) is 0 Å². The van der Waals surface area contributed by atoms with Crippen LogP contribution in [0.4, 0.5) is 0 Å². The summed E-state index contributed by atoms with van der Waals surface area (Å²) in [5.74, 6) is 1.59. The molecule has 1 aromatic carbocycles. The number of fused-ring (bicyclic) bond motifs is 2. The van der Waals surface area contributed by atoms with Gasteiger partial charge in [-0.3, -0.25) is 10.0 Å². The van der Waals surface area contributed by atoms with E-state index in [1.807, 2.05) is 12.1 Å². The molecule has 1 aliphatic carbocycles. The Balaban J connectivity index is 1.73. The summed E-state index contributed by atoms with van der Waals surface area (Å²) in [7, 11) is 1.36. The summed E-state index contributed by atoms with van der Waals surface area (Å²) in [6.45, 7) is 0.714. The number of hydrogen-bond donors (Lipinski definition) is 1. The van der Waals surface area contributed by atoms with Crippen LogP contribution in [0.1, 0.15) is 17.5 Å². The largest absolute Gasteiger partial charge is 0.493 e. The maximum Gasteiger partial charge on any atom is 0.245 e. The molecule has 1 N–H and O–H groups in total. The average Bonchev–Trinajstić information content (AvgIpc) is 2.70. The summed E-state index contributed by atoms with van der Waals surface area (Å²) in [4.78, 5) is 11.5. The van der Waals surface area contributed by atoms with Crippen molar-refractivity contribution in [2.24, 2.45) is 11.8 Å². The van der Waals surface area contributed by atoms with Crippen molar-refractivity contribution in [3.8, 4) is 5.75 Å². The third-order valence-electron chi connectivity index (χ3n) is 4.38. The van der Waals surface area contributed by atoms with Crippen LogP contribution < -0.4 is 4.74 Å². The van der Waals surface area contributed by atoms with E-state index in [0.29, 0.717) is 36.3 Å². The number of carbonyl (C=O) groups excluding carboxylic acids is 1. The third kappa shape index (κ3) is 3.22. The van der Waals surface area contributed by atoms with Crippen molar-refractivity contribution in [3.05, 3.63) is 53.6 Å². The zero-order chi connectivity index (χ0) is 15.5. The number of nitrogens with zero attached hydrogens (tertiary/aromatic N) is 1. The molecule has 4 heteroatoms. The molecule has 22 heavy (non-hydrogen) atoms. The molecule has 3 rings (SSSR count). The predicted octanol–water partition coefficient (Wildman–Crippen LogP) is 2.76. The standard InChI is InChI=1S/C18H21NO3/c1-19(21)18(20)9-7-13-6-8-17-16(10-13)11-14-4-2-3-5-15(14)12-22-17/h2-6,8,10,14-15,21H,7,9,11-12H2,1H3. The fourth-order valence-electron chi connectivity index (χ4n) is 3.04. The monoisotopic (exact) mass is 299 g/mol. The van der Waals surface area contributed by atoms with E-state index in [-0.39, 0.29) is 5.91 Å². The molecule has 0 fully saturated rings. The van der Waals surface area contributed by atoms with Crippen LogP contribution in [0.5, 0.6) is 5.75 Å². The molecular weight excluding hydrogens is 278 g/mol. The van der Waals surface area contributed by atoms with Gasteiger partial charge in [-0.05, 0) is 36.0 Å². The van der Waals surface area contributed by atoms with Crippen LogP contribution in [0.15, 0.2) is 42.5 Å². The molecule has 0 bridgehead atoms. The molecule has 1 aliphatic heterocycles. The van der Waals surface area contributed by atoms with Crippen LogP contribution in [0, 0.1) is 11.8 Å². The number of benzene rings is 1. The molecule has 2 aliphatic rings. The van der Waals surface area contributed by atoms with E-state index in [9.17, 15) is 4.79 Å². The number of hydrogen-bond acceptors (Lipinski definition) is 3. The van der Waals surface area contributed by atoms with Gasteiger partial charge < -0.3 is 4.74 Å². The Morgan fingerprint density at radius 3 is 2.86 bits per heavy atom. The molecule has 2 atom stereocenters. The van der Waals surface area contributed by atoms with Gasteiger partial charge in [0.15, 0.2) is 0 Å². The first-order valence-corrected chi connectivity index (χ1v) is 7.68. The van der Waals surface area contributed by atoms with E-state index < -0.39 is 0 Å². The summed E-state index contributed by atoms with van der Waals surface area (Å²) >= 11 is 0. The highest BCUT2D eigenvalue weighted by Crippen LogP contribution is 2.33. The lowest BCUT2D eigenvalue weighted by molar-refractivity contribution is -0.159. The van der Waals surface area contributed by atoms with Crippen molar-refractivity contribution in [1.29, 1.82) is 0 Å². The molecule has 0 radical (unpaired) electrons. The number of amides is 1. The van der Waals surface area contributed by atoms with Gasteiger partial charge >= 0.3 is 0 Å². The Bertz CT molecular complexity index is 619. The summed E-state index contributed by atoms with van der Waals surface area (Å²) in [5.41, 5.74) is 2.31. The van der Waals surface area contributed by atoms with E-state index in [4.69, 9.17) is 9.94 Å². The summed E-state index contributed by atoms with van der Waals surface area (Å²) in [5, 5.41) is 9.76. The van der Waals surface area contributed by atoms with Gasteiger partial charge in [-0.1, -0.05) is 36.4 Å². The molecule has 4 nitrogen and oxygen atoms in total. The summed E-state index contributed by atoms with van der Waals surface area (Å²) in [6.07, 6.45) is 10.5. The number of hydroxylamine groups is 2. The van der Waals surface area contributed by atoms with Crippen LogP contribution in [-0.2, 0) is 17.6 Å². The van der Waals surface area contributed by atoms with Crippen LogP contribution in [0.3, 0.4) is 0 Å². The quantitative estimate of drug-likeness (QED) is 0.689. The molecule has 1 heterocycles.